The average Bonchev–Trinajstić information content (AvgIpc) is 2.74. The van der Waals surface area contributed by atoms with Crippen molar-refractivity contribution in [3.05, 3.63) is 51.7 Å². The lowest BCUT2D eigenvalue weighted by molar-refractivity contribution is 1.35. The summed E-state index contributed by atoms with van der Waals surface area (Å²) in [7, 11) is 0. The quantitative estimate of drug-likeness (QED) is 0.635. The molecule has 1 aromatic carbocycles. The van der Waals surface area contributed by atoms with E-state index in [1.54, 1.807) is 17.6 Å². The van der Waals surface area contributed by atoms with Crippen molar-refractivity contribution in [1.82, 2.24) is 0 Å². The lowest BCUT2D eigenvalue weighted by Gasteiger charge is -2.00. The number of hydrogen-bond acceptors (Lipinski definition) is 3. The van der Waals surface area contributed by atoms with Crippen LogP contribution in [0.15, 0.2) is 46.9 Å². The van der Waals surface area contributed by atoms with E-state index in [0.717, 1.165) is 10.6 Å². The van der Waals surface area contributed by atoms with Gasteiger partial charge in [0.25, 0.3) is 0 Å². The number of para-hydroxylation sites is 1. The van der Waals surface area contributed by atoms with Crippen LogP contribution >= 0.6 is 22.9 Å². The summed E-state index contributed by atoms with van der Waals surface area (Å²) in [6.45, 7) is 0. The summed E-state index contributed by atoms with van der Waals surface area (Å²) in [5, 5.41) is 6.77. The lowest BCUT2D eigenvalue weighted by Crippen LogP contribution is -1.89. The van der Waals surface area contributed by atoms with Crippen molar-refractivity contribution in [3.63, 3.8) is 0 Å². The molecule has 0 aliphatic heterocycles. The van der Waals surface area contributed by atoms with E-state index in [2.05, 4.69) is 10.5 Å². The first-order valence-electron chi connectivity index (χ1n) is 4.43. The van der Waals surface area contributed by atoms with Crippen molar-refractivity contribution >= 4 is 34.8 Å². The van der Waals surface area contributed by atoms with Crippen molar-refractivity contribution in [1.29, 1.82) is 0 Å². The first kappa shape index (κ1) is 10.2. The molecular formula is C11H9ClN2S. The molecule has 0 saturated heterocycles. The molecule has 2 rings (SSSR count). The highest BCUT2D eigenvalue weighted by atomic mass is 35.5. The molecule has 1 heterocycles. The summed E-state index contributed by atoms with van der Waals surface area (Å²) in [5.74, 6) is 0. The van der Waals surface area contributed by atoms with Gasteiger partial charge in [0.05, 0.1) is 16.9 Å². The summed E-state index contributed by atoms with van der Waals surface area (Å²) in [6, 6.07) is 11.5. The molecule has 1 N–H and O–H groups in total. The van der Waals surface area contributed by atoms with E-state index in [0.29, 0.717) is 5.02 Å². The van der Waals surface area contributed by atoms with Crippen LogP contribution in [-0.2, 0) is 0 Å². The third-order valence-corrected chi connectivity index (χ3v) is 2.93. The maximum Gasteiger partial charge on any atom is 0.0748 e. The molecule has 0 aliphatic rings. The van der Waals surface area contributed by atoms with Gasteiger partial charge in [-0.1, -0.05) is 29.8 Å². The van der Waals surface area contributed by atoms with E-state index < -0.39 is 0 Å². The fraction of sp³-hybridized carbons (Fsp3) is 0. The summed E-state index contributed by atoms with van der Waals surface area (Å²) in [5.41, 5.74) is 3.71. The van der Waals surface area contributed by atoms with Crippen LogP contribution < -0.4 is 5.43 Å². The van der Waals surface area contributed by atoms with Crippen LogP contribution in [0.25, 0.3) is 0 Å². The lowest BCUT2D eigenvalue weighted by atomic mass is 10.3. The van der Waals surface area contributed by atoms with Gasteiger partial charge < -0.3 is 0 Å². The number of nitrogens with one attached hydrogen (secondary N) is 1. The largest absolute Gasteiger partial charge is 0.277 e. The monoisotopic (exact) mass is 236 g/mol. The van der Waals surface area contributed by atoms with E-state index in [1.807, 2.05) is 41.8 Å². The zero-order chi connectivity index (χ0) is 10.5. The third kappa shape index (κ3) is 2.81. The Kier molecular flexibility index (Phi) is 3.37. The predicted molar refractivity (Wildman–Crippen MR) is 67.0 cm³/mol. The minimum atomic E-state index is 0.667. The van der Waals surface area contributed by atoms with Crippen molar-refractivity contribution in [3.8, 4) is 0 Å². The maximum absolute atomic E-state index is 5.95. The van der Waals surface area contributed by atoms with Gasteiger partial charge in [-0.25, -0.2) is 0 Å². The fourth-order valence-corrected chi connectivity index (χ4v) is 1.84. The zero-order valence-electron chi connectivity index (χ0n) is 7.85. The van der Waals surface area contributed by atoms with Crippen molar-refractivity contribution in [2.45, 2.75) is 0 Å². The number of nitrogens with zero attached hydrogens (tertiary/aromatic N) is 1. The smallest absolute Gasteiger partial charge is 0.0748 e. The molecular weight excluding hydrogens is 228 g/mol. The van der Waals surface area contributed by atoms with Crippen LogP contribution in [0.2, 0.25) is 5.02 Å². The molecule has 1 aromatic heterocycles. The van der Waals surface area contributed by atoms with E-state index in [9.17, 15) is 0 Å². The van der Waals surface area contributed by atoms with Gasteiger partial charge in [0.2, 0.25) is 0 Å². The second-order valence-corrected chi connectivity index (χ2v) is 4.25. The van der Waals surface area contributed by atoms with E-state index >= 15 is 0 Å². The molecule has 15 heavy (non-hydrogen) atoms. The number of hydrogen-bond donors (Lipinski definition) is 1. The Balaban J connectivity index is 2.02. The summed E-state index contributed by atoms with van der Waals surface area (Å²) in [6.07, 6.45) is 1.77. The number of hydrazone groups is 1. The highest BCUT2D eigenvalue weighted by Crippen LogP contribution is 2.20. The average molecular weight is 237 g/mol. The second kappa shape index (κ2) is 4.96. The molecule has 0 radical (unpaired) electrons. The standard InChI is InChI=1S/C11H9ClN2S/c12-10-5-1-2-6-11(10)14-13-8-9-4-3-7-15-9/h1-8,14H/b13-8+. The Labute approximate surface area is 97.2 Å². The molecule has 4 heteroatoms. The second-order valence-electron chi connectivity index (χ2n) is 2.87. The van der Waals surface area contributed by atoms with Crippen molar-refractivity contribution in [2.24, 2.45) is 5.10 Å². The Hall–Kier alpha value is -1.32. The molecule has 2 aromatic rings. The third-order valence-electron chi connectivity index (χ3n) is 1.79. The minimum absolute atomic E-state index is 0.667. The van der Waals surface area contributed by atoms with Gasteiger partial charge >= 0.3 is 0 Å². The van der Waals surface area contributed by atoms with Crippen LogP contribution in [0.5, 0.6) is 0 Å². The Bertz CT molecular complexity index is 451. The number of halogens is 1. The number of rotatable bonds is 3. The molecule has 0 amide bonds. The van der Waals surface area contributed by atoms with E-state index in [4.69, 9.17) is 11.6 Å². The first-order chi connectivity index (χ1) is 7.36. The molecule has 76 valence electrons. The van der Waals surface area contributed by atoms with Crippen molar-refractivity contribution in [2.75, 3.05) is 5.43 Å². The number of thiophene rings is 1. The SMILES string of the molecule is Clc1ccccc1N/N=C/c1cccs1. The Morgan fingerprint density at radius 1 is 1.20 bits per heavy atom. The van der Waals surface area contributed by atoms with E-state index in [1.165, 1.54) is 0 Å². The van der Waals surface area contributed by atoms with E-state index in [-0.39, 0.29) is 0 Å². The Morgan fingerprint density at radius 3 is 2.80 bits per heavy atom. The van der Waals surface area contributed by atoms with Crippen molar-refractivity contribution < 1.29 is 0 Å². The molecule has 2 nitrogen and oxygen atoms in total. The zero-order valence-corrected chi connectivity index (χ0v) is 9.42. The van der Waals surface area contributed by atoms with Gasteiger partial charge in [-0.3, -0.25) is 5.43 Å². The predicted octanol–water partition coefficient (Wildman–Crippen LogP) is 3.85. The van der Waals surface area contributed by atoms with Gasteiger partial charge in [0, 0.05) is 4.88 Å². The fourth-order valence-electron chi connectivity index (χ4n) is 1.08. The molecule has 0 spiro atoms. The minimum Gasteiger partial charge on any atom is -0.277 e. The number of anilines is 1. The van der Waals surface area contributed by atoms with Crippen LogP contribution in [0.4, 0.5) is 5.69 Å². The summed E-state index contributed by atoms with van der Waals surface area (Å²) < 4.78 is 0. The van der Waals surface area contributed by atoms with Gasteiger partial charge in [0.1, 0.15) is 0 Å². The molecule has 0 aliphatic carbocycles. The van der Waals surface area contributed by atoms with Gasteiger partial charge in [-0.2, -0.15) is 5.10 Å². The van der Waals surface area contributed by atoms with Gasteiger partial charge in [-0.15, -0.1) is 11.3 Å². The van der Waals surface area contributed by atoms with Crippen LogP contribution in [0.3, 0.4) is 0 Å². The van der Waals surface area contributed by atoms with Crippen LogP contribution in [-0.4, -0.2) is 6.21 Å². The maximum atomic E-state index is 5.95. The normalized spacial score (nSPS) is 10.7. The number of benzene rings is 1. The summed E-state index contributed by atoms with van der Waals surface area (Å²) in [4.78, 5) is 1.11. The van der Waals surface area contributed by atoms with Crippen LogP contribution in [0.1, 0.15) is 4.88 Å². The highest BCUT2D eigenvalue weighted by Gasteiger charge is 1.94. The molecule has 0 unspecified atom stereocenters. The van der Waals surface area contributed by atoms with Gasteiger partial charge in [0.15, 0.2) is 0 Å². The summed E-state index contributed by atoms with van der Waals surface area (Å²) >= 11 is 7.59. The van der Waals surface area contributed by atoms with Crippen LogP contribution in [0, 0.1) is 0 Å². The molecule has 0 fully saturated rings. The topological polar surface area (TPSA) is 24.4 Å². The molecule has 0 bridgehead atoms. The molecule has 0 atom stereocenters. The Morgan fingerprint density at radius 2 is 2.07 bits per heavy atom. The van der Waals surface area contributed by atoms with Gasteiger partial charge in [-0.05, 0) is 23.6 Å². The highest BCUT2D eigenvalue weighted by molar-refractivity contribution is 7.11. The molecule has 0 saturated carbocycles. The first-order valence-corrected chi connectivity index (χ1v) is 5.69.